The van der Waals surface area contributed by atoms with Crippen molar-refractivity contribution in [3.63, 3.8) is 0 Å². The summed E-state index contributed by atoms with van der Waals surface area (Å²) in [5.41, 5.74) is 4.58. The van der Waals surface area contributed by atoms with Gasteiger partial charge in [-0.15, -0.1) is 0 Å². The van der Waals surface area contributed by atoms with Gasteiger partial charge in [-0.3, -0.25) is 0 Å². The first-order valence-corrected chi connectivity index (χ1v) is 10.6. The van der Waals surface area contributed by atoms with Crippen LogP contribution in [-0.2, 0) is 10.2 Å². The number of hydrogen-bond donors (Lipinski definition) is 2. The van der Waals surface area contributed by atoms with E-state index in [0.29, 0.717) is 24.1 Å². The number of benzene rings is 3. The highest BCUT2D eigenvalue weighted by Crippen LogP contribution is 2.58. The molecule has 3 aromatic carbocycles. The van der Waals surface area contributed by atoms with Crippen LogP contribution in [0.3, 0.4) is 0 Å². The number of aromatic hydroxyl groups is 2. The average Bonchev–Trinajstić information content (AvgIpc) is 3.36. The van der Waals surface area contributed by atoms with E-state index in [1.165, 1.54) is 6.07 Å². The largest absolute Gasteiger partial charge is 0.504 e. The van der Waals surface area contributed by atoms with Gasteiger partial charge in [0.2, 0.25) is 0 Å². The molecule has 3 heterocycles. The molecule has 0 aliphatic carbocycles. The number of rotatable bonds is 2. The number of nitrogens with zero attached hydrogens (tertiary/aromatic N) is 1. The smallest absolute Gasteiger partial charge is 0.183 e. The molecule has 5 nitrogen and oxygen atoms in total. The second-order valence-corrected chi connectivity index (χ2v) is 8.53. The van der Waals surface area contributed by atoms with E-state index in [1.807, 2.05) is 30.3 Å². The standard InChI is InChI=1S/C25H20ClNO4/c26-24-10-9-15(31-24)13-27-19-7-3-1-5-16(19)25(17-6-2-4-8-20(17)27)14-30-23-12-22(29)21(28)11-18(23)25/h1-8,10-12,15,28-29H,9,13-14H2. The Morgan fingerprint density at radius 2 is 1.58 bits per heavy atom. The molecule has 156 valence electrons. The van der Waals surface area contributed by atoms with Gasteiger partial charge in [0.15, 0.2) is 16.7 Å². The van der Waals surface area contributed by atoms with E-state index < -0.39 is 5.41 Å². The van der Waals surface area contributed by atoms with E-state index in [1.54, 1.807) is 6.07 Å². The number of hydrogen-bond acceptors (Lipinski definition) is 5. The monoisotopic (exact) mass is 433 g/mol. The molecule has 6 rings (SSSR count). The molecule has 0 fully saturated rings. The second kappa shape index (κ2) is 6.59. The Hall–Kier alpha value is -3.31. The van der Waals surface area contributed by atoms with Gasteiger partial charge in [0.25, 0.3) is 0 Å². The van der Waals surface area contributed by atoms with E-state index in [0.717, 1.165) is 34.5 Å². The number of fused-ring (bicyclic) bond motifs is 6. The van der Waals surface area contributed by atoms with Crippen molar-refractivity contribution in [3.8, 4) is 17.2 Å². The number of phenolic OH excluding ortho intramolecular Hbond substituents is 2. The van der Waals surface area contributed by atoms with Crippen LogP contribution >= 0.6 is 11.6 Å². The molecule has 0 radical (unpaired) electrons. The first kappa shape index (κ1) is 18.5. The normalized spacial score (nSPS) is 19.8. The van der Waals surface area contributed by atoms with E-state index in [-0.39, 0.29) is 17.6 Å². The fourth-order valence-electron chi connectivity index (χ4n) is 5.13. The Morgan fingerprint density at radius 3 is 2.23 bits per heavy atom. The summed E-state index contributed by atoms with van der Waals surface area (Å²) in [6.07, 6.45) is 2.64. The van der Waals surface area contributed by atoms with E-state index >= 15 is 0 Å². The van der Waals surface area contributed by atoms with Gasteiger partial charge in [-0.1, -0.05) is 36.4 Å². The maximum Gasteiger partial charge on any atom is 0.183 e. The van der Waals surface area contributed by atoms with Crippen molar-refractivity contribution < 1.29 is 19.7 Å². The minimum Gasteiger partial charge on any atom is -0.504 e. The van der Waals surface area contributed by atoms with Crippen LogP contribution in [-0.4, -0.2) is 29.5 Å². The van der Waals surface area contributed by atoms with Crippen molar-refractivity contribution in [1.29, 1.82) is 0 Å². The van der Waals surface area contributed by atoms with Gasteiger partial charge in [-0.25, -0.2) is 0 Å². The topological polar surface area (TPSA) is 62.2 Å². The SMILES string of the molecule is Oc1cc2c(cc1O)C1(CO2)c2ccccc2N(CC2CC=C(Cl)O2)c2ccccc21. The lowest BCUT2D eigenvalue weighted by molar-refractivity contribution is 0.167. The van der Waals surface area contributed by atoms with Crippen LogP contribution in [0.15, 0.2) is 72.0 Å². The summed E-state index contributed by atoms with van der Waals surface area (Å²) in [5, 5.41) is 20.8. The predicted molar refractivity (Wildman–Crippen MR) is 118 cm³/mol. The lowest BCUT2D eigenvalue weighted by Crippen LogP contribution is -2.41. The Bertz CT molecular complexity index is 1190. The van der Waals surface area contributed by atoms with Gasteiger partial charge < -0.3 is 24.6 Å². The number of ether oxygens (including phenoxy) is 2. The van der Waals surface area contributed by atoms with Gasteiger partial charge >= 0.3 is 0 Å². The van der Waals surface area contributed by atoms with Crippen LogP contribution in [0.1, 0.15) is 23.1 Å². The van der Waals surface area contributed by atoms with Crippen LogP contribution in [0.2, 0.25) is 0 Å². The highest BCUT2D eigenvalue weighted by atomic mass is 35.5. The van der Waals surface area contributed by atoms with Gasteiger partial charge in [-0.2, -0.15) is 0 Å². The van der Waals surface area contributed by atoms with Gasteiger partial charge in [0.1, 0.15) is 18.5 Å². The van der Waals surface area contributed by atoms with Crippen LogP contribution in [0.5, 0.6) is 17.2 Å². The Balaban J connectivity index is 1.57. The Morgan fingerprint density at radius 1 is 0.935 bits per heavy atom. The maximum absolute atomic E-state index is 10.3. The molecule has 31 heavy (non-hydrogen) atoms. The molecular weight excluding hydrogens is 414 g/mol. The first-order chi connectivity index (χ1) is 15.1. The molecular formula is C25H20ClNO4. The molecule has 1 spiro atoms. The highest BCUT2D eigenvalue weighted by molar-refractivity contribution is 6.28. The number of para-hydroxylation sites is 2. The van der Waals surface area contributed by atoms with Crippen LogP contribution in [0.25, 0.3) is 0 Å². The number of anilines is 2. The fourth-order valence-corrected chi connectivity index (χ4v) is 5.34. The third-order valence-corrected chi connectivity index (χ3v) is 6.74. The summed E-state index contributed by atoms with van der Waals surface area (Å²) in [7, 11) is 0. The molecule has 0 amide bonds. The molecule has 1 atom stereocenters. The Labute approximate surface area is 184 Å². The lowest BCUT2D eigenvalue weighted by Gasteiger charge is -2.43. The lowest BCUT2D eigenvalue weighted by atomic mass is 9.67. The van der Waals surface area contributed by atoms with Crippen LogP contribution < -0.4 is 9.64 Å². The minimum atomic E-state index is -0.587. The summed E-state index contributed by atoms with van der Waals surface area (Å²) in [6, 6.07) is 19.7. The van der Waals surface area contributed by atoms with Crippen molar-refractivity contribution in [1.82, 2.24) is 0 Å². The van der Waals surface area contributed by atoms with Gasteiger partial charge in [0, 0.05) is 29.4 Å². The third-order valence-electron chi connectivity index (χ3n) is 6.50. The van der Waals surface area contributed by atoms with Crippen molar-refractivity contribution in [2.45, 2.75) is 17.9 Å². The number of halogens is 1. The van der Waals surface area contributed by atoms with Crippen molar-refractivity contribution in [2.75, 3.05) is 18.1 Å². The molecule has 0 bridgehead atoms. The first-order valence-electron chi connectivity index (χ1n) is 10.3. The van der Waals surface area contributed by atoms with E-state index in [2.05, 4.69) is 29.2 Å². The zero-order valence-electron chi connectivity index (χ0n) is 16.6. The molecule has 1 unspecified atom stereocenters. The van der Waals surface area contributed by atoms with Crippen LogP contribution in [0.4, 0.5) is 11.4 Å². The molecule has 0 aromatic heterocycles. The van der Waals surface area contributed by atoms with Crippen molar-refractivity contribution in [3.05, 3.63) is 88.6 Å². The predicted octanol–water partition coefficient (Wildman–Crippen LogP) is 5.15. The summed E-state index contributed by atoms with van der Waals surface area (Å²) in [5.74, 6) is 0.252. The molecule has 6 heteroatoms. The molecule has 3 aliphatic heterocycles. The molecule has 3 aromatic rings. The van der Waals surface area contributed by atoms with Gasteiger partial charge in [-0.05, 0) is 47.0 Å². The summed E-state index contributed by atoms with van der Waals surface area (Å²) in [6.45, 7) is 1.05. The molecule has 0 saturated carbocycles. The zero-order valence-corrected chi connectivity index (χ0v) is 17.3. The summed E-state index contributed by atoms with van der Waals surface area (Å²) >= 11 is 6.07. The average molecular weight is 434 g/mol. The van der Waals surface area contributed by atoms with Crippen LogP contribution in [0, 0.1) is 0 Å². The maximum atomic E-state index is 10.3. The Kier molecular flexibility index (Phi) is 3.93. The van der Waals surface area contributed by atoms with Crippen molar-refractivity contribution >= 4 is 23.0 Å². The molecule has 2 N–H and O–H groups in total. The van der Waals surface area contributed by atoms with Gasteiger partial charge in [0.05, 0.1) is 12.0 Å². The number of phenols is 2. The second-order valence-electron chi connectivity index (χ2n) is 8.16. The fraction of sp³-hybridized carbons (Fsp3) is 0.200. The van der Waals surface area contributed by atoms with E-state index in [9.17, 15) is 10.2 Å². The summed E-state index contributed by atoms with van der Waals surface area (Å²) < 4.78 is 11.9. The highest BCUT2D eigenvalue weighted by Gasteiger charge is 2.50. The zero-order chi connectivity index (χ0) is 21.2. The summed E-state index contributed by atoms with van der Waals surface area (Å²) in [4.78, 5) is 2.28. The minimum absolute atomic E-state index is 0.0317. The van der Waals surface area contributed by atoms with E-state index in [4.69, 9.17) is 21.1 Å². The third kappa shape index (κ3) is 2.56. The van der Waals surface area contributed by atoms with Crippen molar-refractivity contribution in [2.24, 2.45) is 0 Å². The molecule has 0 saturated heterocycles. The molecule has 3 aliphatic rings. The quantitative estimate of drug-likeness (QED) is 0.547.